The molecule has 0 amide bonds. The number of benzene rings is 1. The topological polar surface area (TPSA) is 25.2 Å². The Hall–Kier alpha value is -1.78. The van der Waals surface area contributed by atoms with Crippen LogP contribution in [0.5, 0.6) is 0 Å². The fraction of sp³-hybridized carbons (Fsp3) is 0.333. The minimum absolute atomic E-state index is 0.252. The molecule has 1 aliphatic carbocycles. The van der Waals surface area contributed by atoms with Crippen molar-refractivity contribution in [1.29, 1.82) is 0 Å². The van der Waals surface area contributed by atoms with Crippen molar-refractivity contribution in [3.63, 3.8) is 0 Å². The highest BCUT2D eigenvalue weighted by atomic mass is 32.2. The van der Waals surface area contributed by atoms with Gasteiger partial charge in [-0.2, -0.15) is 0 Å². The third kappa shape index (κ3) is 4.13. The molecule has 2 nitrogen and oxygen atoms in total. The Labute approximate surface area is 176 Å². The lowest BCUT2D eigenvalue weighted by Crippen LogP contribution is -2.25. The van der Waals surface area contributed by atoms with Crippen molar-refractivity contribution in [3.8, 4) is 0 Å². The van der Waals surface area contributed by atoms with Crippen molar-refractivity contribution in [2.45, 2.75) is 51.0 Å². The molecule has 2 heterocycles. The summed E-state index contributed by atoms with van der Waals surface area (Å²) in [6.07, 6.45) is 8.03. The summed E-state index contributed by atoms with van der Waals surface area (Å²) in [7, 11) is 0. The Bertz CT molecular complexity index is 935. The van der Waals surface area contributed by atoms with E-state index in [4.69, 9.17) is 4.99 Å². The molecule has 0 unspecified atom stereocenters. The number of nitrogens with zero attached hydrogens (tertiary/aromatic N) is 2. The first-order valence-corrected chi connectivity index (χ1v) is 11.6. The molecular formula is C24H26N2S2. The fourth-order valence-electron chi connectivity index (χ4n) is 3.98. The molecule has 4 heteroatoms. The zero-order valence-corrected chi connectivity index (χ0v) is 18.2. The van der Waals surface area contributed by atoms with Gasteiger partial charge in [0.2, 0.25) is 0 Å². The number of hydrogen-bond acceptors (Lipinski definition) is 4. The minimum Gasteiger partial charge on any atom is -0.249 e. The number of allylic oxidation sites excluding steroid dienone is 1. The van der Waals surface area contributed by atoms with Gasteiger partial charge in [-0.3, -0.25) is 0 Å². The van der Waals surface area contributed by atoms with Gasteiger partial charge in [0, 0.05) is 11.6 Å². The molecule has 0 atom stereocenters. The number of hydrogen-bond donors (Lipinski definition) is 0. The Morgan fingerprint density at radius 3 is 2.61 bits per heavy atom. The number of aryl methyl sites for hydroxylation is 2. The molecule has 1 saturated heterocycles. The molecular weight excluding hydrogens is 380 g/mol. The lowest BCUT2D eigenvalue weighted by molar-refractivity contribution is 0.389. The van der Waals surface area contributed by atoms with E-state index in [0.29, 0.717) is 0 Å². The monoisotopic (exact) mass is 406 g/mol. The van der Waals surface area contributed by atoms with Crippen LogP contribution in [-0.2, 0) is 0 Å². The van der Waals surface area contributed by atoms with Crippen molar-refractivity contribution in [3.05, 3.63) is 76.2 Å². The first-order chi connectivity index (χ1) is 13.6. The van der Waals surface area contributed by atoms with Crippen LogP contribution in [0.15, 0.2) is 75.1 Å². The maximum absolute atomic E-state index is 5.00. The van der Waals surface area contributed by atoms with Gasteiger partial charge in [0.1, 0.15) is 10.1 Å². The van der Waals surface area contributed by atoms with Crippen LogP contribution in [0.1, 0.15) is 43.2 Å². The normalized spacial score (nSPS) is 21.7. The molecule has 1 aromatic carbocycles. The molecule has 0 N–H and O–H groups in total. The van der Waals surface area contributed by atoms with Crippen LogP contribution in [0, 0.1) is 19.3 Å². The van der Waals surface area contributed by atoms with Gasteiger partial charge in [0.25, 0.3) is 0 Å². The van der Waals surface area contributed by atoms with Crippen LogP contribution in [0.25, 0.3) is 0 Å². The minimum atomic E-state index is 0.252. The van der Waals surface area contributed by atoms with Crippen molar-refractivity contribution < 1.29 is 0 Å². The highest BCUT2D eigenvalue weighted by molar-refractivity contribution is 8.17. The van der Waals surface area contributed by atoms with Crippen molar-refractivity contribution >= 4 is 34.3 Å². The van der Waals surface area contributed by atoms with Gasteiger partial charge in [-0.15, -0.1) is 0 Å². The van der Waals surface area contributed by atoms with Gasteiger partial charge in [-0.25, -0.2) is 9.98 Å². The molecule has 0 bridgehead atoms. The summed E-state index contributed by atoms with van der Waals surface area (Å²) in [5.74, 6) is 0. The quantitative estimate of drug-likeness (QED) is 0.490. The van der Waals surface area contributed by atoms with Gasteiger partial charge in [0.15, 0.2) is 0 Å². The Kier molecular flexibility index (Phi) is 5.79. The van der Waals surface area contributed by atoms with E-state index in [-0.39, 0.29) is 5.41 Å². The van der Waals surface area contributed by atoms with E-state index in [1.54, 1.807) is 23.5 Å². The van der Waals surface area contributed by atoms with Crippen molar-refractivity contribution in [1.82, 2.24) is 4.98 Å². The average molecular weight is 407 g/mol. The lowest BCUT2D eigenvalue weighted by Gasteiger charge is -2.37. The first-order valence-electron chi connectivity index (χ1n) is 9.86. The zero-order valence-electron chi connectivity index (χ0n) is 16.6. The van der Waals surface area contributed by atoms with Gasteiger partial charge >= 0.3 is 0 Å². The summed E-state index contributed by atoms with van der Waals surface area (Å²) in [6.45, 7) is 8.68. The van der Waals surface area contributed by atoms with Crippen LogP contribution >= 0.6 is 23.5 Å². The molecule has 1 saturated carbocycles. The Balaban J connectivity index is 1.68. The average Bonchev–Trinajstić information content (AvgIpc) is 3.16. The zero-order chi connectivity index (χ0) is 19.6. The van der Waals surface area contributed by atoms with E-state index in [9.17, 15) is 0 Å². The maximum atomic E-state index is 5.00. The number of rotatable bonds is 3. The summed E-state index contributed by atoms with van der Waals surface area (Å²) >= 11 is 3.50. The van der Waals surface area contributed by atoms with Gasteiger partial charge < -0.3 is 0 Å². The van der Waals surface area contributed by atoms with Crippen molar-refractivity contribution in [2.75, 3.05) is 0 Å². The fourth-order valence-corrected chi connectivity index (χ4v) is 6.02. The largest absolute Gasteiger partial charge is 0.249 e. The molecule has 1 spiro atoms. The van der Waals surface area contributed by atoms with Crippen LogP contribution < -0.4 is 0 Å². The number of thioether (sulfide) groups is 2. The van der Waals surface area contributed by atoms with E-state index >= 15 is 0 Å². The Morgan fingerprint density at radius 2 is 1.89 bits per heavy atom. The highest BCUT2D eigenvalue weighted by Gasteiger charge is 2.42. The van der Waals surface area contributed by atoms with Crippen LogP contribution in [-0.4, -0.2) is 10.0 Å². The van der Waals surface area contributed by atoms with E-state index in [1.165, 1.54) is 47.3 Å². The number of aliphatic imine (C=N–C) groups is 1. The molecule has 2 aliphatic rings. The van der Waals surface area contributed by atoms with E-state index in [1.807, 2.05) is 12.3 Å². The van der Waals surface area contributed by atoms with Gasteiger partial charge in [-0.05, 0) is 72.8 Å². The van der Waals surface area contributed by atoms with Gasteiger partial charge in [-0.1, -0.05) is 66.7 Å². The summed E-state index contributed by atoms with van der Waals surface area (Å²) in [5, 5.41) is 4.44. The lowest BCUT2D eigenvalue weighted by atomic mass is 9.79. The van der Waals surface area contributed by atoms with E-state index < -0.39 is 0 Å². The summed E-state index contributed by atoms with van der Waals surface area (Å²) in [5.41, 5.74) is 5.06. The predicted molar refractivity (Wildman–Crippen MR) is 123 cm³/mol. The van der Waals surface area contributed by atoms with E-state index in [2.05, 4.69) is 61.2 Å². The second-order valence-corrected chi connectivity index (χ2v) is 9.77. The third-order valence-electron chi connectivity index (χ3n) is 5.71. The molecule has 2 aromatic rings. The molecule has 0 radical (unpaired) electrons. The Morgan fingerprint density at radius 1 is 1.14 bits per heavy atom. The second kappa shape index (κ2) is 8.30. The SMILES string of the molecule is C=C1SC(=N\c2ccc(C)cc2)/C(=C/Sc2ncccc2C)CC12CCCC2. The third-order valence-corrected chi connectivity index (χ3v) is 7.99. The smallest absolute Gasteiger partial charge is 0.105 e. The molecule has 28 heavy (non-hydrogen) atoms. The molecule has 1 aliphatic heterocycles. The van der Waals surface area contributed by atoms with Crippen LogP contribution in [0.2, 0.25) is 0 Å². The molecule has 144 valence electrons. The summed E-state index contributed by atoms with van der Waals surface area (Å²) in [6, 6.07) is 12.5. The van der Waals surface area contributed by atoms with Gasteiger partial charge in [0.05, 0.1) is 5.69 Å². The highest BCUT2D eigenvalue weighted by Crippen LogP contribution is 2.56. The summed E-state index contributed by atoms with van der Waals surface area (Å²) in [4.78, 5) is 10.8. The van der Waals surface area contributed by atoms with Crippen molar-refractivity contribution in [2.24, 2.45) is 10.4 Å². The molecule has 1 aromatic heterocycles. The number of pyridine rings is 1. The number of aromatic nitrogens is 1. The molecule has 4 rings (SSSR count). The standard InChI is InChI=1S/C24H26N2S2/c1-17-8-10-21(11-9-17)26-23-20(16-27-22-18(2)7-6-14-25-22)15-24(19(3)28-23)12-4-5-13-24/h6-11,14,16H,3-5,12-13,15H2,1-2H3/b20-16+,26-23-. The van der Waals surface area contributed by atoms with Crippen LogP contribution in [0.4, 0.5) is 5.69 Å². The maximum Gasteiger partial charge on any atom is 0.105 e. The first kappa shape index (κ1) is 19.5. The van der Waals surface area contributed by atoms with E-state index in [0.717, 1.165) is 22.2 Å². The molecule has 2 fully saturated rings. The summed E-state index contributed by atoms with van der Waals surface area (Å²) < 4.78 is 0. The second-order valence-electron chi connectivity index (χ2n) is 7.83. The predicted octanol–water partition coefficient (Wildman–Crippen LogP) is 7.62. The van der Waals surface area contributed by atoms with Crippen LogP contribution in [0.3, 0.4) is 0 Å².